The molecule has 0 fully saturated rings. The number of nitrogens with two attached hydrogens (primary N) is 1. The molecule has 0 unspecified atom stereocenters. The van der Waals surface area contributed by atoms with Crippen LogP contribution in [0.4, 0.5) is 5.95 Å². The minimum absolute atomic E-state index is 0.115. The van der Waals surface area contributed by atoms with Gasteiger partial charge in [-0.3, -0.25) is 4.79 Å². The molecule has 3 rings (SSSR count). The average Bonchev–Trinajstić information content (AvgIpc) is 3.18. The van der Waals surface area contributed by atoms with Gasteiger partial charge in [0.15, 0.2) is 0 Å². The summed E-state index contributed by atoms with van der Waals surface area (Å²) in [4.78, 5) is 27.4. The number of hydrogen-bond donors (Lipinski definition) is 2. The number of nitrogens with one attached hydrogen (secondary N) is 1. The monoisotopic (exact) mass is 286 g/mol. The van der Waals surface area contributed by atoms with E-state index in [1.54, 1.807) is 7.05 Å². The molecule has 0 spiro atoms. The SMILES string of the molecule is CNc1nc(-n2cncn2)nc(-n2ccc(C(N)=O)n2)n1. The fourth-order valence-corrected chi connectivity index (χ4v) is 1.55. The van der Waals surface area contributed by atoms with Crippen LogP contribution in [-0.2, 0) is 0 Å². The summed E-state index contributed by atoms with van der Waals surface area (Å²) in [6.07, 6.45) is 4.35. The Kier molecular flexibility index (Phi) is 2.99. The zero-order valence-electron chi connectivity index (χ0n) is 10.9. The zero-order chi connectivity index (χ0) is 14.8. The first-order chi connectivity index (χ1) is 10.2. The van der Waals surface area contributed by atoms with E-state index in [0.717, 1.165) is 0 Å². The summed E-state index contributed by atoms with van der Waals surface area (Å²) in [7, 11) is 1.67. The van der Waals surface area contributed by atoms with Crippen molar-refractivity contribution in [3.63, 3.8) is 0 Å². The molecule has 0 saturated heterocycles. The highest BCUT2D eigenvalue weighted by molar-refractivity contribution is 5.90. The number of hydrogen-bond acceptors (Lipinski definition) is 8. The summed E-state index contributed by atoms with van der Waals surface area (Å²) in [6.45, 7) is 0. The van der Waals surface area contributed by atoms with Gasteiger partial charge in [0.1, 0.15) is 18.3 Å². The predicted octanol–water partition coefficient (Wildman–Crippen LogP) is -1.22. The van der Waals surface area contributed by atoms with Crippen molar-refractivity contribution < 1.29 is 4.79 Å². The largest absolute Gasteiger partial charge is 0.364 e. The Morgan fingerprint density at radius 2 is 2.00 bits per heavy atom. The summed E-state index contributed by atoms with van der Waals surface area (Å²) >= 11 is 0. The number of rotatable bonds is 4. The molecule has 3 N–H and O–H groups in total. The Morgan fingerprint density at radius 3 is 2.57 bits per heavy atom. The number of carbonyl (C=O) groups excluding carboxylic acids is 1. The molecule has 0 aromatic carbocycles. The fraction of sp³-hybridized carbons (Fsp3) is 0.100. The van der Waals surface area contributed by atoms with Crippen molar-refractivity contribution in [1.82, 2.24) is 39.5 Å². The van der Waals surface area contributed by atoms with Gasteiger partial charge in [0.05, 0.1) is 0 Å². The van der Waals surface area contributed by atoms with Gasteiger partial charge in [-0.15, -0.1) is 0 Å². The van der Waals surface area contributed by atoms with Gasteiger partial charge in [-0.25, -0.2) is 9.67 Å². The highest BCUT2D eigenvalue weighted by Gasteiger charge is 2.12. The number of primary amides is 1. The third-order valence-electron chi connectivity index (χ3n) is 2.51. The van der Waals surface area contributed by atoms with Gasteiger partial charge in [0.25, 0.3) is 17.8 Å². The second kappa shape index (κ2) is 4.96. The molecule has 21 heavy (non-hydrogen) atoms. The third-order valence-corrected chi connectivity index (χ3v) is 2.51. The summed E-state index contributed by atoms with van der Waals surface area (Å²) in [5.74, 6) is 0.167. The van der Waals surface area contributed by atoms with E-state index in [0.29, 0.717) is 5.95 Å². The maximum absolute atomic E-state index is 11.1. The standard InChI is InChI=1S/C10H10N10O/c1-12-8-15-9(19-3-2-6(18-19)7(11)21)17-10(16-8)20-5-13-4-14-20/h2-5H,1H3,(H2,11,21)(H,12,15,16,17). The number of aromatic nitrogens is 8. The van der Waals surface area contributed by atoms with Crippen LogP contribution in [0, 0.1) is 0 Å². The van der Waals surface area contributed by atoms with Gasteiger partial charge in [0, 0.05) is 13.2 Å². The van der Waals surface area contributed by atoms with Crippen LogP contribution in [0.15, 0.2) is 24.9 Å². The lowest BCUT2D eigenvalue weighted by Gasteiger charge is -2.05. The van der Waals surface area contributed by atoms with Crippen LogP contribution in [0.3, 0.4) is 0 Å². The van der Waals surface area contributed by atoms with E-state index >= 15 is 0 Å². The first-order valence-electron chi connectivity index (χ1n) is 5.82. The molecule has 3 heterocycles. The Bertz CT molecular complexity index is 777. The minimum Gasteiger partial charge on any atom is -0.364 e. The van der Waals surface area contributed by atoms with Gasteiger partial charge < -0.3 is 11.1 Å². The lowest BCUT2D eigenvalue weighted by atomic mass is 10.4. The molecular formula is C10H10N10O. The van der Waals surface area contributed by atoms with Gasteiger partial charge in [-0.05, 0) is 6.07 Å². The van der Waals surface area contributed by atoms with Crippen molar-refractivity contribution in [2.45, 2.75) is 0 Å². The van der Waals surface area contributed by atoms with E-state index in [-0.39, 0.29) is 17.6 Å². The summed E-state index contributed by atoms with van der Waals surface area (Å²) < 4.78 is 2.70. The molecule has 11 nitrogen and oxygen atoms in total. The lowest BCUT2D eigenvalue weighted by molar-refractivity contribution is 0.0995. The molecule has 0 bridgehead atoms. The van der Waals surface area contributed by atoms with E-state index in [4.69, 9.17) is 5.73 Å². The Morgan fingerprint density at radius 1 is 1.24 bits per heavy atom. The molecule has 3 aromatic rings. The first kappa shape index (κ1) is 12.7. The van der Waals surface area contributed by atoms with Crippen LogP contribution >= 0.6 is 0 Å². The number of nitrogens with zero attached hydrogens (tertiary/aromatic N) is 8. The molecule has 0 aliphatic rings. The van der Waals surface area contributed by atoms with Gasteiger partial charge >= 0.3 is 0 Å². The smallest absolute Gasteiger partial charge is 0.269 e. The first-order valence-corrected chi connectivity index (χ1v) is 5.82. The minimum atomic E-state index is -0.631. The second-order valence-electron chi connectivity index (χ2n) is 3.86. The second-order valence-corrected chi connectivity index (χ2v) is 3.86. The van der Waals surface area contributed by atoms with Gasteiger partial charge in [-0.1, -0.05) is 0 Å². The van der Waals surface area contributed by atoms with Crippen LogP contribution in [0.1, 0.15) is 10.5 Å². The Hall–Kier alpha value is -3.37. The lowest BCUT2D eigenvalue weighted by Crippen LogP contribution is -2.14. The topological polar surface area (TPSA) is 142 Å². The van der Waals surface area contributed by atoms with Crippen molar-refractivity contribution in [3.05, 3.63) is 30.6 Å². The van der Waals surface area contributed by atoms with Crippen LogP contribution in [-0.4, -0.2) is 52.5 Å². The molecule has 106 valence electrons. The van der Waals surface area contributed by atoms with Crippen molar-refractivity contribution in [2.75, 3.05) is 12.4 Å². The zero-order valence-corrected chi connectivity index (χ0v) is 10.9. The molecular weight excluding hydrogens is 276 g/mol. The van der Waals surface area contributed by atoms with Crippen molar-refractivity contribution in [2.24, 2.45) is 5.73 Å². The normalized spacial score (nSPS) is 10.5. The van der Waals surface area contributed by atoms with E-state index < -0.39 is 5.91 Å². The summed E-state index contributed by atoms with van der Waals surface area (Å²) in [6, 6.07) is 1.47. The summed E-state index contributed by atoms with van der Waals surface area (Å²) in [5, 5.41) is 10.8. The highest BCUT2D eigenvalue weighted by atomic mass is 16.1. The predicted molar refractivity (Wildman–Crippen MR) is 69.9 cm³/mol. The van der Waals surface area contributed by atoms with Gasteiger partial charge in [0.2, 0.25) is 5.95 Å². The van der Waals surface area contributed by atoms with E-state index in [9.17, 15) is 4.79 Å². The summed E-state index contributed by atoms with van der Waals surface area (Å²) in [5.41, 5.74) is 5.28. The van der Waals surface area contributed by atoms with Crippen LogP contribution in [0.25, 0.3) is 11.9 Å². The Labute approximate surface area is 117 Å². The third kappa shape index (κ3) is 2.39. The van der Waals surface area contributed by atoms with Gasteiger partial charge in [-0.2, -0.15) is 29.8 Å². The van der Waals surface area contributed by atoms with Crippen LogP contribution < -0.4 is 11.1 Å². The quantitative estimate of drug-likeness (QED) is 0.607. The maximum Gasteiger partial charge on any atom is 0.269 e. The van der Waals surface area contributed by atoms with E-state index in [2.05, 4.69) is 35.5 Å². The highest BCUT2D eigenvalue weighted by Crippen LogP contribution is 2.08. The van der Waals surface area contributed by atoms with Crippen molar-refractivity contribution >= 4 is 11.9 Å². The fourth-order valence-electron chi connectivity index (χ4n) is 1.55. The maximum atomic E-state index is 11.1. The molecule has 0 radical (unpaired) electrons. The number of carbonyl (C=O) groups is 1. The Balaban J connectivity index is 2.09. The molecule has 3 aromatic heterocycles. The van der Waals surface area contributed by atoms with E-state index in [1.807, 2.05) is 0 Å². The molecule has 0 aliphatic carbocycles. The van der Waals surface area contributed by atoms with Crippen molar-refractivity contribution in [3.8, 4) is 11.9 Å². The molecule has 0 aliphatic heterocycles. The molecule has 0 saturated carbocycles. The molecule has 0 atom stereocenters. The number of amides is 1. The van der Waals surface area contributed by atoms with Crippen molar-refractivity contribution in [1.29, 1.82) is 0 Å². The number of anilines is 1. The average molecular weight is 286 g/mol. The van der Waals surface area contributed by atoms with Crippen LogP contribution in [0.2, 0.25) is 0 Å². The molecule has 1 amide bonds. The van der Waals surface area contributed by atoms with E-state index in [1.165, 1.54) is 34.3 Å². The molecule has 11 heteroatoms. The van der Waals surface area contributed by atoms with Crippen LogP contribution in [0.5, 0.6) is 0 Å².